The summed E-state index contributed by atoms with van der Waals surface area (Å²) >= 11 is 3.24. The van der Waals surface area contributed by atoms with Crippen LogP contribution in [-0.4, -0.2) is 49.2 Å². The first-order valence-electron chi connectivity index (χ1n) is 8.46. The van der Waals surface area contributed by atoms with Crippen LogP contribution in [0.2, 0.25) is 0 Å². The lowest BCUT2D eigenvalue weighted by Gasteiger charge is -2.22. The van der Waals surface area contributed by atoms with Gasteiger partial charge in [0.1, 0.15) is 0 Å². The van der Waals surface area contributed by atoms with Gasteiger partial charge in [0.2, 0.25) is 0 Å². The molecular formula is C20H24ClN3OS2. The Balaban J connectivity index is 0.00000261. The van der Waals surface area contributed by atoms with Crippen molar-refractivity contribution >= 4 is 56.8 Å². The van der Waals surface area contributed by atoms with Crippen molar-refractivity contribution in [3.05, 3.63) is 53.6 Å². The summed E-state index contributed by atoms with van der Waals surface area (Å²) in [5, 5.41) is 0.759. The number of aryl methyl sites for hydroxylation is 1. The molecule has 0 aliphatic rings. The van der Waals surface area contributed by atoms with E-state index in [-0.39, 0.29) is 18.3 Å². The molecule has 0 saturated carbocycles. The summed E-state index contributed by atoms with van der Waals surface area (Å²) in [5.41, 5.74) is 2.81. The molecule has 0 bridgehead atoms. The van der Waals surface area contributed by atoms with E-state index >= 15 is 0 Å². The number of amides is 1. The van der Waals surface area contributed by atoms with Gasteiger partial charge in [0.25, 0.3) is 5.91 Å². The molecule has 0 radical (unpaired) electrons. The summed E-state index contributed by atoms with van der Waals surface area (Å²) in [5.74, 6) is -0.00351. The molecule has 144 valence electrons. The number of hydrogen-bond acceptors (Lipinski definition) is 5. The van der Waals surface area contributed by atoms with Crippen molar-refractivity contribution in [3.63, 3.8) is 0 Å². The third-order valence-electron chi connectivity index (χ3n) is 4.19. The number of benzene rings is 2. The average molecular weight is 422 g/mol. The molecule has 0 aliphatic carbocycles. The van der Waals surface area contributed by atoms with Gasteiger partial charge in [-0.3, -0.25) is 9.69 Å². The smallest absolute Gasteiger partial charge is 0.260 e. The first-order chi connectivity index (χ1) is 12.5. The fourth-order valence-corrected chi connectivity index (χ4v) is 4.14. The Kier molecular flexibility index (Phi) is 7.68. The Morgan fingerprint density at radius 1 is 1.11 bits per heavy atom. The molecule has 0 atom stereocenters. The van der Waals surface area contributed by atoms with Gasteiger partial charge < -0.3 is 4.90 Å². The molecule has 0 saturated heterocycles. The van der Waals surface area contributed by atoms with Crippen LogP contribution >= 0.6 is 35.5 Å². The molecule has 3 aromatic rings. The van der Waals surface area contributed by atoms with E-state index in [0.717, 1.165) is 32.4 Å². The minimum Gasteiger partial charge on any atom is -0.308 e. The van der Waals surface area contributed by atoms with E-state index in [0.29, 0.717) is 12.1 Å². The molecule has 7 heteroatoms. The predicted octanol–water partition coefficient (Wildman–Crippen LogP) is 4.96. The lowest BCUT2D eigenvalue weighted by molar-refractivity contribution is 0.0985. The number of thioether (sulfide) groups is 1. The molecule has 3 rings (SSSR count). The third kappa shape index (κ3) is 5.02. The summed E-state index contributed by atoms with van der Waals surface area (Å²) in [6.07, 6.45) is 2.03. The minimum absolute atomic E-state index is 0. The van der Waals surface area contributed by atoms with Gasteiger partial charge in [0, 0.05) is 23.5 Å². The van der Waals surface area contributed by atoms with Gasteiger partial charge in [0.05, 0.1) is 10.2 Å². The fourth-order valence-electron chi connectivity index (χ4n) is 2.66. The van der Waals surface area contributed by atoms with Gasteiger partial charge in [-0.25, -0.2) is 4.98 Å². The Morgan fingerprint density at radius 3 is 2.41 bits per heavy atom. The van der Waals surface area contributed by atoms with Gasteiger partial charge in [-0.15, -0.1) is 24.2 Å². The van der Waals surface area contributed by atoms with Gasteiger partial charge in [-0.05, 0) is 63.2 Å². The van der Waals surface area contributed by atoms with Crippen molar-refractivity contribution in [1.29, 1.82) is 0 Å². The van der Waals surface area contributed by atoms with Gasteiger partial charge in [-0.1, -0.05) is 23.5 Å². The summed E-state index contributed by atoms with van der Waals surface area (Å²) in [4.78, 5) is 23.0. The molecule has 0 aliphatic heterocycles. The van der Waals surface area contributed by atoms with Crippen molar-refractivity contribution in [2.24, 2.45) is 0 Å². The largest absolute Gasteiger partial charge is 0.308 e. The third-order valence-corrected chi connectivity index (χ3v) is 5.98. The van der Waals surface area contributed by atoms with Crippen molar-refractivity contribution in [1.82, 2.24) is 9.88 Å². The first-order valence-corrected chi connectivity index (χ1v) is 10.5. The second-order valence-corrected chi connectivity index (χ2v) is 8.30. The zero-order chi connectivity index (χ0) is 18.7. The van der Waals surface area contributed by atoms with E-state index in [2.05, 4.69) is 24.0 Å². The van der Waals surface area contributed by atoms with E-state index in [1.807, 2.05) is 50.7 Å². The average Bonchev–Trinajstić information content (AvgIpc) is 3.07. The number of halogens is 1. The SMILES string of the molecule is CSc1ccc(C(=O)N(CCN(C)C)c2nc3c(C)cccc3s2)cc1.Cl. The molecule has 1 amide bonds. The quantitative estimate of drug-likeness (QED) is 0.527. The van der Waals surface area contributed by atoms with E-state index in [1.54, 1.807) is 28.0 Å². The number of rotatable bonds is 6. The topological polar surface area (TPSA) is 36.4 Å². The second kappa shape index (κ2) is 9.55. The number of carbonyl (C=O) groups is 1. The van der Waals surface area contributed by atoms with E-state index in [9.17, 15) is 4.79 Å². The number of carbonyl (C=O) groups excluding carboxylic acids is 1. The number of para-hydroxylation sites is 1. The number of fused-ring (bicyclic) bond motifs is 1. The van der Waals surface area contributed by atoms with Crippen LogP contribution in [0.3, 0.4) is 0 Å². The molecule has 27 heavy (non-hydrogen) atoms. The summed E-state index contributed by atoms with van der Waals surface area (Å²) in [6.45, 7) is 3.44. The standard InChI is InChI=1S/C20H23N3OS2.ClH/c1-14-6-5-7-17-18(14)21-20(26-17)23(13-12-22(2)3)19(24)15-8-10-16(25-4)11-9-15;/h5-11H,12-13H2,1-4H3;1H. The molecule has 0 N–H and O–H groups in total. The molecular weight excluding hydrogens is 398 g/mol. The fraction of sp³-hybridized carbons (Fsp3) is 0.300. The molecule has 0 spiro atoms. The highest BCUT2D eigenvalue weighted by Gasteiger charge is 2.21. The highest BCUT2D eigenvalue weighted by molar-refractivity contribution is 7.98. The monoisotopic (exact) mass is 421 g/mol. The molecule has 0 unspecified atom stereocenters. The van der Waals surface area contributed by atoms with Crippen molar-refractivity contribution < 1.29 is 4.79 Å². The highest BCUT2D eigenvalue weighted by Crippen LogP contribution is 2.31. The van der Waals surface area contributed by atoms with E-state index in [1.165, 1.54) is 0 Å². The van der Waals surface area contributed by atoms with Crippen LogP contribution in [0, 0.1) is 6.92 Å². The van der Waals surface area contributed by atoms with Crippen LogP contribution in [0.15, 0.2) is 47.4 Å². The Labute approximate surface area is 175 Å². The number of anilines is 1. The van der Waals surface area contributed by atoms with Gasteiger partial charge in [0.15, 0.2) is 5.13 Å². The van der Waals surface area contributed by atoms with Crippen LogP contribution in [0.1, 0.15) is 15.9 Å². The number of aromatic nitrogens is 1. The Bertz CT molecular complexity index is 909. The van der Waals surface area contributed by atoms with Crippen molar-refractivity contribution in [2.45, 2.75) is 11.8 Å². The molecule has 0 fully saturated rings. The van der Waals surface area contributed by atoms with E-state index in [4.69, 9.17) is 4.98 Å². The first kappa shape index (κ1) is 21.7. The Morgan fingerprint density at radius 2 is 1.81 bits per heavy atom. The van der Waals surface area contributed by atoms with Crippen molar-refractivity contribution in [2.75, 3.05) is 38.3 Å². The Hall–Kier alpha value is -1.60. The maximum atomic E-state index is 13.2. The van der Waals surface area contributed by atoms with Crippen LogP contribution < -0.4 is 4.90 Å². The number of likely N-dealkylation sites (N-methyl/N-ethyl adjacent to an activating group) is 1. The zero-order valence-electron chi connectivity index (χ0n) is 15.9. The molecule has 1 heterocycles. The van der Waals surface area contributed by atoms with E-state index < -0.39 is 0 Å². The van der Waals surface area contributed by atoms with Crippen LogP contribution in [0.25, 0.3) is 10.2 Å². The van der Waals surface area contributed by atoms with Crippen LogP contribution in [0.4, 0.5) is 5.13 Å². The summed E-state index contributed by atoms with van der Waals surface area (Å²) < 4.78 is 1.11. The maximum absolute atomic E-state index is 13.2. The lowest BCUT2D eigenvalue weighted by Crippen LogP contribution is -2.36. The van der Waals surface area contributed by atoms with Crippen molar-refractivity contribution in [3.8, 4) is 0 Å². The number of hydrogen-bond donors (Lipinski definition) is 0. The van der Waals surface area contributed by atoms with Gasteiger partial charge >= 0.3 is 0 Å². The van der Waals surface area contributed by atoms with Crippen LogP contribution in [-0.2, 0) is 0 Å². The number of nitrogens with zero attached hydrogens (tertiary/aromatic N) is 3. The maximum Gasteiger partial charge on any atom is 0.260 e. The second-order valence-electron chi connectivity index (χ2n) is 6.41. The molecule has 2 aromatic carbocycles. The van der Waals surface area contributed by atoms with Gasteiger partial charge in [-0.2, -0.15) is 0 Å². The lowest BCUT2D eigenvalue weighted by atomic mass is 10.2. The molecule has 1 aromatic heterocycles. The highest BCUT2D eigenvalue weighted by atomic mass is 35.5. The van der Waals surface area contributed by atoms with Crippen LogP contribution in [0.5, 0.6) is 0 Å². The normalized spacial score (nSPS) is 10.9. The molecule has 4 nitrogen and oxygen atoms in total. The summed E-state index contributed by atoms with van der Waals surface area (Å²) in [6, 6.07) is 13.9. The number of thiazole rings is 1. The minimum atomic E-state index is -0.00351. The zero-order valence-corrected chi connectivity index (χ0v) is 18.4. The predicted molar refractivity (Wildman–Crippen MR) is 120 cm³/mol. The summed E-state index contributed by atoms with van der Waals surface area (Å²) in [7, 11) is 4.02.